The van der Waals surface area contributed by atoms with E-state index in [0.29, 0.717) is 5.89 Å². The predicted molar refractivity (Wildman–Crippen MR) is 66.4 cm³/mol. The number of hydrogen-bond donors (Lipinski definition) is 1. The van der Waals surface area contributed by atoms with Crippen molar-refractivity contribution in [3.05, 3.63) is 42.0 Å². The van der Waals surface area contributed by atoms with Gasteiger partial charge >= 0.3 is 0 Å². The van der Waals surface area contributed by atoms with Crippen molar-refractivity contribution in [2.24, 2.45) is 5.73 Å². The van der Waals surface area contributed by atoms with Crippen molar-refractivity contribution >= 4 is 0 Å². The lowest BCUT2D eigenvalue weighted by atomic mass is 9.78. The molecular formula is C14H16N2O. The van der Waals surface area contributed by atoms with Gasteiger partial charge in [-0.05, 0) is 31.7 Å². The normalized spacial score (nSPS) is 17.8. The van der Waals surface area contributed by atoms with E-state index in [-0.39, 0.29) is 5.54 Å². The molecule has 1 fully saturated rings. The molecule has 0 aliphatic heterocycles. The van der Waals surface area contributed by atoms with E-state index in [9.17, 15) is 0 Å². The smallest absolute Gasteiger partial charge is 0.214 e. The molecule has 1 saturated carbocycles. The molecule has 2 N–H and O–H groups in total. The number of aryl methyl sites for hydroxylation is 1. The molecule has 0 unspecified atom stereocenters. The Bertz CT molecular complexity index is 541. The summed E-state index contributed by atoms with van der Waals surface area (Å²) in [7, 11) is 0. The van der Waals surface area contributed by atoms with Crippen LogP contribution in [0.25, 0.3) is 11.3 Å². The number of aromatic nitrogens is 1. The van der Waals surface area contributed by atoms with Crippen LogP contribution < -0.4 is 5.73 Å². The van der Waals surface area contributed by atoms with Crippen LogP contribution in [0.2, 0.25) is 0 Å². The van der Waals surface area contributed by atoms with Crippen LogP contribution in [0.3, 0.4) is 0 Å². The Morgan fingerprint density at radius 2 is 2.06 bits per heavy atom. The van der Waals surface area contributed by atoms with Gasteiger partial charge in [-0.3, -0.25) is 0 Å². The van der Waals surface area contributed by atoms with E-state index in [1.807, 2.05) is 12.1 Å². The third-order valence-electron chi connectivity index (χ3n) is 3.60. The number of nitrogens with zero attached hydrogens (tertiary/aromatic N) is 1. The first-order valence-corrected chi connectivity index (χ1v) is 6.00. The molecular weight excluding hydrogens is 212 g/mol. The Hall–Kier alpha value is -1.61. The maximum Gasteiger partial charge on any atom is 0.214 e. The second-order valence-electron chi connectivity index (χ2n) is 4.86. The number of oxazole rings is 1. The number of nitrogens with two attached hydrogens (primary N) is 1. The first-order valence-electron chi connectivity index (χ1n) is 6.00. The molecule has 1 heterocycles. The second kappa shape index (κ2) is 3.70. The van der Waals surface area contributed by atoms with Crippen molar-refractivity contribution in [2.75, 3.05) is 0 Å². The fourth-order valence-electron chi connectivity index (χ4n) is 2.26. The van der Waals surface area contributed by atoms with Crippen LogP contribution in [-0.2, 0) is 5.54 Å². The molecule has 0 saturated heterocycles. The number of benzene rings is 1. The summed E-state index contributed by atoms with van der Waals surface area (Å²) in [4.78, 5) is 4.54. The molecule has 2 aromatic rings. The molecule has 1 aliphatic carbocycles. The molecule has 3 heteroatoms. The van der Waals surface area contributed by atoms with Crippen LogP contribution in [0, 0.1) is 6.92 Å². The Balaban J connectivity index is 1.98. The summed E-state index contributed by atoms with van der Waals surface area (Å²) in [5.41, 5.74) is 9.08. The lowest BCUT2D eigenvalue weighted by Crippen LogP contribution is -2.43. The van der Waals surface area contributed by atoms with E-state index in [1.54, 1.807) is 6.26 Å². The number of hydrogen-bond acceptors (Lipinski definition) is 3. The quantitative estimate of drug-likeness (QED) is 0.859. The molecule has 3 rings (SSSR count). The van der Waals surface area contributed by atoms with Crippen molar-refractivity contribution < 1.29 is 4.42 Å². The second-order valence-corrected chi connectivity index (χ2v) is 4.86. The van der Waals surface area contributed by atoms with Crippen LogP contribution in [0.1, 0.15) is 30.7 Å². The molecule has 0 bridgehead atoms. The summed E-state index contributed by atoms with van der Waals surface area (Å²) in [5, 5.41) is 0. The zero-order valence-electron chi connectivity index (χ0n) is 9.94. The highest BCUT2D eigenvalue weighted by Crippen LogP contribution is 2.39. The maximum absolute atomic E-state index is 6.20. The molecule has 0 radical (unpaired) electrons. The molecule has 1 aromatic carbocycles. The van der Waals surface area contributed by atoms with Gasteiger partial charge in [0.25, 0.3) is 0 Å². The van der Waals surface area contributed by atoms with Gasteiger partial charge in [-0.15, -0.1) is 0 Å². The largest absolute Gasteiger partial charge is 0.446 e. The van der Waals surface area contributed by atoms with Gasteiger partial charge in [0, 0.05) is 5.56 Å². The van der Waals surface area contributed by atoms with Crippen LogP contribution in [0.5, 0.6) is 0 Å². The SMILES string of the molecule is Cc1ccccc1-c1coc(C2(N)CCC2)n1. The molecule has 1 aliphatic rings. The number of rotatable bonds is 2. The van der Waals surface area contributed by atoms with Crippen molar-refractivity contribution in [1.29, 1.82) is 0 Å². The Kier molecular flexibility index (Phi) is 2.30. The topological polar surface area (TPSA) is 52.0 Å². The highest BCUT2D eigenvalue weighted by atomic mass is 16.3. The van der Waals surface area contributed by atoms with Crippen molar-refractivity contribution in [3.8, 4) is 11.3 Å². The van der Waals surface area contributed by atoms with Gasteiger partial charge in [0.15, 0.2) is 0 Å². The van der Waals surface area contributed by atoms with E-state index < -0.39 is 0 Å². The summed E-state index contributed by atoms with van der Waals surface area (Å²) in [6.45, 7) is 2.07. The highest BCUT2D eigenvalue weighted by molar-refractivity contribution is 5.62. The maximum atomic E-state index is 6.20. The van der Waals surface area contributed by atoms with E-state index in [1.165, 1.54) is 12.0 Å². The molecule has 0 amide bonds. The van der Waals surface area contributed by atoms with Gasteiger partial charge in [-0.2, -0.15) is 0 Å². The molecule has 88 valence electrons. The molecule has 3 nitrogen and oxygen atoms in total. The first-order chi connectivity index (χ1) is 8.19. The van der Waals surface area contributed by atoms with E-state index >= 15 is 0 Å². The molecule has 17 heavy (non-hydrogen) atoms. The predicted octanol–water partition coefficient (Wildman–Crippen LogP) is 2.99. The van der Waals surface area contributed by atoms with Crippen LogP contribution in [0.4, 0.5) is 0 Å². The first kappa shape index (κ1) is 10.5. The lowest BCUT2D eigenvalue weighted by Gasteiger charge is -2.34. The van der Waals surface area contributed by atoms with Crippen molar-refractivity contribution in [1.82, 2.24) is 4.98 Å². The van der Waals surface area contributed by atoms with E-state index in [2.05, 4.69) is 24.0 Å². The molecule has 0 spiro atoms. The average Bonchev–Trinajstić information content (AvgIpc) is 2.76. The third-order valence-corrected chi connectivity index (χ3v) is 3.60. The highest BCUT2D eigenvalue weighted by Gasteiger charge is 2.39. The van der Waals surface area contributed by atoms with Gasteiger partial charge in [0.2, 0.25) is 5.89 Å². The van der Waals surface area contributed by atoms with Gasteiger partial charge in [0.1, 0.15) is 12.0 Å². The summed E-state index contributed by atoms with van der Waals surface area (Å²) >= 11 is 0. The summed E-state index contributed by atoms with van der Waals surface area (Å²) < 4.78 is 5.54. The third kappa shape index (κ3) is 1.67. The van der Waals surface area contributed by atoms with Gasteiger partial charge in [-0.1, -0.05) is 24.3 Å². The monoisotopic (exact) mass is 228 g/mol. The fourth-order valence-corrected chi connectivity index (χ4v) is 2.26. The van der Waals surface area contributed by atoms with Crippen LogP contribution in [0.15, 0.2) is 34.9 Å². The lowest BCUT2D eigenvalue weighted by molar-refractivity contribution is 0.199. The fraction of sp³-hybridized carbons (Fsp3) is 0.357. The zero-order chi connectivity index (χ0) is 11.9. The van der Waals surface area contributed by atoms with Gasteiger partial charge in [-0.25, -0.2) is 4.98 Å². The Labute approximate surface area is 101 Å². The summed E-state index contributed by atoms with van der Waals surface area (Å²) in [6.07, 6.45) is 4.82. The zero-order valence-corrected chi connectivity index (χ0v) is 9.94. The molecule has 0 atom stereocenters. The minimum absolute atomic E-state index is 0.319. The Morgan fingerprint density at radius 3 is 2.71 bits per heavy atom. The Morgan fingerprint density at radius 1 is 1.29 bits per heavy atom. The minimum atomic E-state index is -0.319. The average molecular weight is 228 g/mol. The molecule has 1 aromatic heterocycles. The van der Waals surface area contributed by atoms with E-state index in [4.69, 9.17) is 10.2 Å². The van der Waals surface area contributed by atoms with Gasteiger partial charge in [0.05, 0.1) is 5.54 Å². The van der Waals surface area contributed by atoms with E-state index in [0.717, 1.165) is 24.1 Å². The van der Waals surface area contributed by atoms with Gasteiger partial charge < -0.3 is 10.2 Å². The van der Waals surface area contributed by atoms with Crippen molar-refractivity contribution in [2.45, 2.75) is 31.7 Å². The summed E-state index contributed by atoms with van der Waals surface area (Å²) in [6, 6.07) is 8.17. The van der Waals surface area contributed by atoms with Crippen LogP contribution >= 0.6 is 0 Å². The standard InChI is InChI=1S/C14H16N2O/c1-10-5-2-3-6-11(10)12-9-17-13(16-12)14(15)7-4-8-14/h2-3,5-6,9H,4,7-8,15H2,1H3. The van der Waals surface area contributed by atoms with Crippen molar-refractivity contribution in [3.63, 3.8) is 0 Å². The minimum Gasteiger partial charge on any atom is -0.446 e. The van der Waals surface area contributed by atoms with Crippen LogP contribution in [-0.4, -0.2) is 4.98 Å². The summed E-state index contributed by atoms with van der Waals surface area (Å²) in [5.74, 6) is 0.682.